The van der Waals surface area contributed by atoms with Gasteiger partial charge in [0.25, 0.3) is 0 Å². The molecule has 1 aromatic heterocycles. The Kier molecular flexibility index (Phi) is 6.03. The molecule has 0 radical (unpaired) electrons. The molecule has 110 valence electrons. The predicted molar refractivity (Wildman–Crippen MR) is 85.7 cm³/mol. The molecule has 2 rings (SSSR count). The van der Waals surface area contributed by atoms with Gasteiger partial charge in [0.05, 0.1) is 0 Å². The summed E-state index contributed by atoms with van der Waals surface area (Å²) in [5, 5.41) is 4.14. The van der Waals surface area contributed by atoms with Gasteiger partial charge in [-0.3, -0.25) is 9.78 Å². The SMILES string of the molecule is O=C(CCc1cccnc1)NCCc1ccc(Cl)cc1Cl. The first-order chi connectivity index (χ1) is 10.1. The van der Waals surface area contributed by atoms with Gasteiger partial charge in [-0.25, -0.2) is 0 Å². The molecule has 0 atom stereocenters. The van der Waals surface area contributed by atoms with Crippen molar-refractivity contribution in [3.8, 4) is 0 Å². The highest BCUT2D eigenvalue weighted by Crippen LogP contribution is 2.21. The van der Waals surface area contributed by atoms with Crippen molar-refractivity contribution in [2.75, 3.05) is 6.54 Å². The molecule has 0 unspecified atom stereocenters. The Hall–Kier alpha value is -1.58. The van der Waals surface area contributed by atoms with Crippen molar-refractivity contribution >= 4 is 29.1 Å². The Balaban J connectivity index is 1.72. The van der Waals surface area contributed by atoms with E-state index in [1.807, 2.05) is 18.2 Å². The van der Waals surface area contributed by atoms with Crippen molar-refractivity contribution in [3.05, 3.63) is 63.9 Å². The maximum atomic E-state index is 11.8. The standard InChI is InChI=1S/C16H16Cl2N2O/c17-14-5-4-13(15(18)10-14)7-9-20-16(21)6-3-12-2-1-8-19-11-12/h1-2,4-5,8,10-11H,3,6-7,9H2,(H,20,21). The third-order valence-corrected chi connectivity index (χ3v) is 3.68. The summed E-state index contributed by atoms with van der Waals surface area (Å²) in [5.41, 5.74) is 2.04. The maximum Gasteiger partial charge on any atom is 0.220 e. The summed E-state index contributed by atoms with van der Waals surface area (Å²) in [4.78, 5) is 15.8. The summed E-state index contributed by atoms with van der Waals surface area (Å²) in [6, 6.07) is 9.23. The predicted octanol–water partition coefficient (Wildman–Crippen LogP) is 3.68. The van der Waals surface area contributed by atoms with Crippen LogP contribution in [0.15, 0.2) is 42.7 Å². The van der Waals surface area contributed by atoms with Crippen molar-refractivity contribution in [2.45, 2.75) is 19.3 Å². The van der Waals surface area contributed by atoms with Crippen molar-refractivity contribution in [2.24, 2.45) is 0 Å². The van der Waals surface area contributed by atoms with E-state index < -0.39 is 0 Å². The van der Waals surface area contributed by atoms with E-state index in [-0.39, 0.29) is 5.91 Å². The summed E-state index contributed by atoms with van der Waals surface area (Å²) in [6.45, 7) is 0.563. The van der Waals surface area contributed by atoms with E-state index in [1.54, 1.807) is 24.5 Å². The minimum atomic E-state index is 0.0314. The van der Waals surface area contributed by atoms with Gasteiger partial charge >= 0.3 is 0 Å². The minimum absolute atomic E-state index is 0.0314. The smallest absolute Gasteiger partial charge is 0.220 e. The summed E-state index contributed by atoms with van der Waals surface area (Å²) < 4.78 is 0. The number of hydrogen-bond acceptors (Lipinski definition) is 2. The number of hydrogen-bond donors (Lipinski definition) is 1. The van der Waals surface area contributed by atoms with Crippen LogP contribution in [0.5, 0.6) is 0 Å². The van der Waals surface area contributed by atoms with E-state index in [0.29, 0.717) is 35.9 Å². The van der Waals surface area contributed by atoms with E-state index in [0.717, 1.165) is 11.1 Å². The number of benzene rings is 1. The largest absolute Gasteiger partial charge is 0.356 e. The molecular formula is C16H16Cl2N2O. The third-order valence-electron chi connectivity index (χ3n) is 3.10. The average molecular weight is 323 g/mol. The number of nitrogens with one attached hydrogen (secondary N) is 1. The van der Waals surface area contributed by atoms with Crippen molar-refractivity contribution < 1.29 is 4.79 Å². The average Bonchev–Trinajstić information content (AvgIpc) is 2.48. The van der Waals surface area contributed by atoms with Gasteiger partial charge < -0.3 is 5.32 Å². The number of aromatic nitrogens is 1. The molecule has 21 heavy (non-hydrogen) atoms. The fraction of sp³-hybridized carbons (Fsp3) is 0.250. The van der Waals surface area contributed by atoms with Crippen LogP contribution in [0, 0.1) is 0 Å². The van der Waals surface area contributed by atoms with Crippen LogP contribution in [0.25, 0.3) is 0 Å². The van der Waals surface area contributed by atoms with Crippen LogP contribution in [0.4, 0.5) is 0 Å². The monoisotopic (exact) mass is 322 g/mol. The second-order valence-electron chi connectivity index (χ2n) is 4.70. The highest BCUT2D eigenvalue weighted by atomic mass is 35.5. The lowest BCUT2D eigenvalue weighted by atomic mass is 10.1. The number of carbonyl (C=O) groups excluding carboxylic acids is 1. The highest BCUT2D eigenvalue weighted by molar-refractivity contribution is 6.35. The minimum Gasteiger partial charge on any atom is -0.356 e. The zero-order valence-corrected chi connectivity index (χ0v) is 13.0. The van der Waals surface area contributed by atoms with Crippen LogP contribution in [0.1, 0.15) is 17.5 Å². The summed E-state index contributed by atoms with van der Waals surface area (Å²) in [6.07, 6.45) is 5.34. The number of nitrogens with zero attached hydrogens (tertiary/aromatic N) is 1. The molecule has 1 amide bonds. The van der Waals surface area contributed by atoms with E-state index in [2.05, 4.69) is 10.3 Å². The second-order valence-corrected chi connectivity index (χ2v) is 5.54. The van der Waals surface area contributed by atoms with E-state index in [1.165, 1.54) is 0 Å². The van der Waals surface area contributed by atoms with Gasteiger partial charge in [-0.2, -0.15) is 0 Å². The molecule has 0 fully saturated rings. The lowest BCUT2D eigenvalue weighted by Gasteiger charge is -2.07. The summed E-state index contributed by atoms with van der Waals surface area (Å²) in [7, 11) is 0. The van der Waals surface area contributed by atoms with Gasteiger partial charge in [0.1, 0.15) is 0 Å². The van der Waals surface area contributed by atoms with Crippen molar-refractivity contribution in [3.63, 3.8) is 0 Å². The van der Waals surface area contributed by atoms with Crippen LogP contribution in [-0.4, -0.2) is 17.4 Å². The van der Waals surface area contributed by atoms with Crippen LogP contribution in [0.3, 0.4) is 0 Å². The Morgan fingerprint density at radius 3 is 2.76 bits per heavy atom. The first-order valence-electron chi connectivity index (χ1n) is 6.74. The number of amides is 1. The van der Waals surface area contributed by atoms with Crippen LogP contribution >= 0.6 is 23.2 Å². The maximum absolute atomic E-state index is 11.8. The number of pyridine rings is 1. The highest BCUT2D eigenvalue weighted by Gasteiger charge is 2.04. The molecule has 0 spiro atoms. The molecular weight excluding hydrogens is 307 g/mol. The fourth-order valence-electron chi connectivity index (χ4n) is 1.95. The Morgan fingerprint density at radius 1 is 1.19 bits per heavy atom. The van der Waals surface area contributed by atoms with Gasteiger partial charge in [0.2, 0.25) is 5.91 Å². The lowest BCUT2D eigenvalue weighted by Crippen LogP contribution is -2.25. The Labute approximate surface area is 134 Å². The van der Waals surface area contributed by atoms with Crippen LogP contribution in [0.2, 0.25) is 10.0 Å². The summed E-state index contributed by atoms with van der Waals surface area (Å²) >= 11 is 11.9. The first kappa shape index (κ1) is 15.8. The molecule has 0 aliphatic rings. The van der Waals surface area contributed by atoms with Gasteiger partial charge in [0.15, 0.2) is 0 Å². The Bertz CT molecular complexity index is 602. The molecule has 0 aliphatic carbocycles. The summed E-state index contributed by atoms with van der Waals surface area (Å²) in [5.74, 6) is 0.0314. The van der Waals surface area contributed by atoms with Gasteiger partial charge in [-0.15, -0.1) is 0 Å². The molecule has 2 aromatic rings. The van der Waals surface area contributed by atoms with E-state index in [9.17, 15) is 4.79 Å². The number of halogens is 2. The number of carbonyl (C=O) groups is 1. The van der Waals surface area contributed by atoms with Gasteiger partial charge in [-0.1, -0.05) is 35.3 Å². The second kappa shape index (κ2) is 8.01. The molecule has 0 aliphatic heterocycles. The quantitative estimate of drug-likeness (QED) is 0.881. The topological polar surface area (TPSA) is 42.0 Å². The normalized spacial score (nSPS) is 10.4. The molecule has 0 saturated carbocycles. The van der Waals surface area contributed by atoms with Crippen molar-refractivity contribution in [1.82, 2.24) is 10.3 Å². The number of rotatable bonds is 6. The first-order valence-corrected chi connectivity index (χ1v) is 7.50. The number of aryl methyl sites for hydroxylation is 1. The molecule has 0 bridgehead atoms. The fourth-order valence-corrected chi connectivity index (χ4v) is 2.46. The third kappa shape index (κ3) is 5.37. The molecule has 1 N–H and O–H groups in total. The lowest BCUT2D eigenvalue weighted by molar-refractivity contribution is -0.121. The molecule has 1 heterocycles. The molecule has 1 aromatic carbocycles. The van der Waals surface area contributed by atoms with Crippen LogP contribution < -0.4 is 5.32 Å². The molecule has 3 nitrogen and oxygen atoms in total. The van der Waals surface area contributed by atoms with Crippen molar-refractivity contribution in [1.29, 1.82) is 0 Å². The van der Waals surface area contributed by atoms with Crippen LogP contribution in [-0.2, 0) is 17.6 Å². The van der Waals surface area contributed by atoms with Gasteiger partial charge in [0, 0.05) is 35.4 Å². The van der Waals surface area contributed by atoms with Gasteiger partial charge in [-0.05, 0) is 42.2 Å². The molecule has 5 heteroatoms. The zero-order valence-electron chi connectivity index (χ0n) is 11.5. The molecule has 0 saturated heterocycles. The zero-order chi connectivity index (χ0) is 15.1. The van der Waals surface area contributed by atoms with E-state index >= 15 is 0 Å². The van der Waals surface area contributed by atoms with E-state index in [4.69, 9.17) is 23.2 Å². The Morgan fingerprint density at radius 2 is 2.05 bits per heavy atom.